The van der Waals surface area contributed by atoms with Gasteiger partial charge in [0.1, 0.15) is 0 Å². The predicted molar refractivity (Wildman–Crippen MR) is 48.4 cm³/mol. The van der Waals surface area contributed by atoms with Crippen molar-refractivity contribution in [2.75, 3.05) is 0 Å². The Morgan fingerprint density at radius 1 is 1.23 bits per heavy atom. The van der Waals surface area contributed by atoms with Gasteiger partial charge in [-0.3, -0.25) is 4.79 Å². The van der Waals surface area contributed by atoms with E-state index < -0.39 is 0 Å². The fourth-order valence-corrected chi connectivity index (χ4v) is 1.23. The van der Waals surface area contributed by atoms with Gasteiger partial charge in [0, 0.05) is 11.6 Å². The number of carbonyl (C=O) groups is 1. The number of carbonyl (C=O) groups excluding carboxylic acids is 1. The van der Waals surface area contributed by atoms with E-state index in [9.17, 15) is 4.79 Å². The molecule has 0 amide bonds. The molecule has 0 saturated carbocycles. The van der Waals surface area contributed by atoms with Gasteiger partial charge in [-0.1, -0.05) is 18.2 Å². The van der Waals surface area contributed by atoms with Gasteiger partial charge in [-0.25, -0.2) is 4.98 Å². The molecule has 1 aromatic heterocycles. The van der Waals surface area contributed by atoms with Crippen LogP contribution in [0.5, 0.6) is 5.88 Å². The highest BCUT2D eigenvalue weighted by Crippen LogP contribution is 2.21. The van der Waals surface area contributed by atoms with Gasteiger partial charge in [-0.15, -0.1) is 0 Å². The zero-order valence-corrected chi connectivity index (χ0v) is 6.81. The Hall–Kier alpha value is -1.90. The van der Waals surface area contributed by atoms with Gasteiger partial charge in [0.15, 0.2) is 0 Å². The van der Waals surface area contributed by atoms with Crippen molar-refractivity contribution in [3.05, 3.63) is 36.5 Å². The van der Waals surface area contributed by atoms with Crippen molar-refractivity contribution < 1.29 is 9.53 Å². The van der Waals surface area contributed by atoms with Gasteiger partial charge < -0.3 is 4.74 Å². The molecule has 2 aromatic rings. The fraction of sp³-hybridized carbons (Fsp3) is 0. The van der Waals surface area contributed by atoms with Crippen molar-refractivity contribution in [2.24, 2.45) is 0 Å². The number of pyridine rings is 1. The molecule has 0 atom stereocenters. The van der Waals surface area contributed by atoms with Crippen molar-refractivity contribution in [1.29, 1.82) is 0 Å². The number of fused-ring (bicyclic) bond motifs is 1. The summed E-state index contributed by atoms with van der Waals surface area (Å²) in [5.74, 6) is 0.355. The maximum Gasteiger partial charge on any atom is 0.299 e. The van der Waals surface area contributed by atoms with Crippen molar-refractivity contribution in [3.8, 4) is 5.88 Å². The molecule has 0 bridgehead atoms. The van der Waals surface area contributed by atoms with E-state index in [1.54, 1.807) is 6.20 Å². The molecule has 1 heterocycles. The van der Waals surface area contributed by atoms with E-state index in [2.05, 4.69) is 4.98 Å². The number of benzene rings is 1. The first-order chi connectivity index (χ1) is 6.42. The van der Waals surface area contributed by atoms with Gasteiger partial charge in [-0.2, -0.15) is 0 Å². The molecule has 64 valence electrons. The van der Waals surface area contributed by atoms with E-state index in [4.69, 9.17) is 4.74 Å². The van der Waals surface area contributed by atoms with Gasteiger partial charge >= 0.3 is 0 Å². The van der Waals surface area contributed by atoms with Crippen LogP contribution in [0.3, 0.4) is 0 Å². The van der Waals surface area contributed by atoms with Crippen LogP contribution in [-0.4, -0.2) is 11.5 Å². The molecule has 0 saturated heterocycles. The van der Waals surface area contributed by atoms with Crippen molar-refractivity contribution in [1.82, 2.24) is 4.98 Å². The monoisotopic (exact) mass is 173 g/mol. The van der Waals surface area contributed by atoms with E-state index in [1.165, 1.54) is 0 Å². The molecule has 0 unspecified atom stereocenters. The van der Waals surface area contributed by atoms with Crippen LogP contribution < -0.4 is 4.74 Å². The predicted octanol–water partition coefficient (Wildman–Crippen LogP) is 1.77. The maximum atomic E-state index is 10.2. The van der Waals surface area contributed by atoms with Crippen LogP contribution in [0.4, 0.5) is 0 Å². The van der Waals surface area contributed by atoms with Gasteiger partial charge in [0.2, 0.25) is 5.88 Å². The smallest absolute Gasteiger partial charge is 0.299 e. The summed E-state index contributed by atoms with van der Waals surface area (Å²) in [4.78, 5) is 14.1. The van der Waals surface area contributed by atoms with Crippen LogP contribution >= 0.6 is 0 Å². The summed E-state index contributed by atoms with van der Waals surface area (Å²) in [7, 11) is 0. The maximum absolute atomic E-state index is 10.2. The molecular weight excluding hydrogens is 166 g/mol. The first-order valence-electron chi connectivity index (χ1n) is 3.86. The molecule has 3 nitrogen and oxygen atoms in total. The lowest BCUT2D eigenvalue weighted by atomic mass is 10.2. The number of nitrogens with zero attached hydrogens (tertiary/aromatic N) is 1. The molecule has 0 spiro atoms. The molecule has 0 aliphatic heterocycles. The largest absolute Gasteiger partial charge is 0.409 e. The van der Waals surface area contributed by atoms with Crippen LogP contribution in [0.1, 0.15) is 0 Å². The second-order valence-corrected chi connectivity index (χ2v) is 2.55. The minimum Gasteiger partial charge on any atom is -0.409 e. The molecule has 13 heavy (non-hydrogen) atoms. The fourth-order valence-electron chi connectivity index (χ4n) is 1.23. The number of aromatic nitrogens is 1. The Balaban J connectivity index is 2.68. The summed E-state index contributed by atoms with van der Waals surface area (Å²) < 4.78 is 4.73. The quantitative estimate of drug-likeness (QED) is 0.649. The third kappa shape index (κ3) is 1.36. The van der Waals surface area contributed by atoms with Gasteiger partial charge in [-0.05, 0) is 17.5 Å². The first kappa shape index (κ1) is 7.73. The summed E-state index contributed by atoms with van der Waals surface area (Å²) in [5, 5.41) is 1.85. The zero-order chi connectivity index (χ0) is 9.10. The molecule has 0 radical (unpaired) electrons. The van der Waals surface area contributed by atoms with E-state index in [1.807, 2.05) is 30.3 Å². The number of hydrogen-bond donors (Lipinski definition) is 0. The number of ether oxygens (including phenoxy) is 1. The molecule has 0 aliphatic rings. The van der Waals surface area contributed by atoms with Crippen molar-refractivity contribution in [3.63, 3.8) is 0 Å². The van der Waals surface area contributed by atoms with Gasteiger partial charge in [0.05, 0.1) is 0 Å². The average Bonchev–Trinajstić information content (AvgIpc) is 2.19. The third-order valence-electron chi connectivity index (χ3n) is 1.80. The van der Waals surface area contributed by atoms with E-state index in [-0.39, 0.29) is 0 Å². The molecular formula is C10H7NO2. The van der Waals surface area contributed by atoms with E-state index in [0.717, 1.165) is 10.8 Å². The second kappa shape index (κ2) is 3.23. The second-order valence-electron chi connectivity index (χ2n) is 2.55. The third-order valence-corrected chi connectivity index (χ3v) is 1.80. The highest BCUT2D eigenvalue weighted by Gasteiger charge is 2.00. The summed E-state index contributed by atoms with van der Waals surface area (Å²) in [6.45, 7) is 0.384. The summed E-state index contributed by atoms with van der Waals surface area (Å²) in [6, 6.07) is 9.47. The highest BCUT2D eigenvalue weighted by molar-refractivity contribution is 5.87. The zero-order valence-electron chi connectivity index (χ0n) is 6.81. The Morgan fingerprint density at radius 2 is 2.08 bits per heavy atom. The van der Waals surface area contributed by atoms with Gasteiger partial charge in [0.25, 0.3) is 6.47 Å². The summed E-state index contributed by atoms with van der Waals surface area (Å²) >= 11 is 0. The Labute approximate surface area is 75.0 Å². The molecule has 3 heteroatoms. The van der Waals surface area contributed by atoms with Crippen LogP contribution in [0.25, 0.3) is 10.8 Å². The Bertz CT molecular complexity index is 434. The Morgan fingerprint density at radius 3 is 2.92 bits per heavy atom. The summed E-state index contributed by atoms with van der Waals surface area (Å²) in [6.07, 6.45) is 1.61. The lowest BCUT2D eigenvalue weighted by Gasteiger charge is -2.00. The van der Waals surface area contributed by atoms with Crippen LogP contribution in [0, 0.1) is 0 Å². The number of rotatable bonds is 2. The highest BCUT2D eigenvalue weighted by atomic mass is 16.5. The lowest BCUT2D eigenvalue weighted by molar-refractivity contribution is -0.120. The number of hydrogen-bond acceptors (Lipinski definition) is 3. The molecule has 0 aliphatic carbocycles. The van der Waals surface area contributed by atoms with Crippen LogP contribution in [0.15, 0.2) is 36.5 Å². The van der Waals surface area contributed by atoms with Crippen LogP contribution in [0.2, 0.25) is 0 Å². The minimum atomic E-state index is 0.355. The summed E-state index contributed by atoms with van der Waals surface area (Å²) in [5.41, 5.74) is 0. The lowest BCUT2D eigenvalue weighted by Crippen LogP contribution is -1.92. The SMILES string of the molecule is O=COc1nccc2ccccc12. The molecule has 1 aromatic carbocycles. The van der Waals surface area contributed by atoms with Crippen molar-refractivity contribution >= 4 is 17.2 Å². The van der Waals surface area contributed by atoms with E-state index >= 15 is 0 Å². The minimum absolute atomic E-state index is 0.355. The normalized spacial score (nSPS) is 9.85. The standard InChI is InChI=1S/C10H7NO2/c12-7-13-10-9-4-2-1-3-8(9)5-6-11-10/h1-7H. The average molecular weight is 173 g/mol. The molecule has 0 fully saturated rings. The first-order valence-corrected chi connectivity index (χ1v) is 3.86. The Kier molecular flexibility index (Phi) is 1.92. The van der Waals surface area contributed by atoms with Crippen molar-refractivity contribution in [2.45, 2.75) is 0 Å². The molecule has 2 rings (SSSR count). The topological polar surface area (TPSA) is 39.2 Å². The molecule has 0 N–H and O–H groups in total. The van der Waals surface area contributed by atoms with Crippen LogP contribution in [-0.2, 0) is 4.79 Å². The van der Waals surface area contributed by atoms with E-state index in [0.29, 0.717) is 12.4 Å².